The van der Waals surface area contributed by atoms with Gasteiger partial charge in [0.15, 0.2) is 16.6 Å². The maximum absolute atomic E-state index is 6.35. The summed E-state index contributed by atoms with van der Waals surface area (Å²) in [4.78, 5) is 4.62. The summed E-state index contributed by atoms with van der Waals surface area (Å²) in [6.45, 7) is 8.61. The number of benzene rings is 2. The molecule has 0 aliphatic carbocycles. The van der Waals surface area contributed by atoms with Crippen LogP contribution in [0.3, 0.4) is 0 Å². The molecule has 3 aromatic heterocycles. The van der Waals surface area contributed by atoms with Gasteiger partial charge >= 0.3 is 0 Å². The third-order valence-corrected chi connectivity index (χ3v) is 5.64. The highest BCUT2D eigenvalue weighted by Gasteiger charge is 2.30. The van der Waals surface area contributed by atoms with Crippen molar-refractivity contribution in [1.82, 2.24) is 9.55 Å². The van der Waals surface area contributed by atoms with Gasteiger partial charge in [-0.1, -0.05) is 24.3 Å². The number of hydrogen-bond donors (Lipinski definition) is 0. The Morgan fingerprint density at radius 2 is 1.71 bits per heavy atom. The number of fused-ring (bicyclic) bond motifs is 4. The van der Waals surface area contributed by atoms with Gasteiger partial charge in [0.1, 0.15) is 5.56 Å². The molecule has 0 spiro atoms. The predicted molar refractivity (Wildman–Crippen MR) is 113 cm³/mol. The molecule has 2 aromatic carbocycles. The van der Waals surface area contributed by atoms with Crippen molar-refractivity contribution in [3.05, 3.63) is 59.8 Å². The average Bonchev–Trinajstić information content (AvgIpc) is 3.17. The van der Waals surface area contributed by atoms with Crippen molar-refractivity contribution in [1.29, 1.82) is 0 Å². The van der Waals surface area contributed by atoms with Gasteiger partial charge in [0, 0.05) is 16.5 Å². The molecule has 4 nitrogen and oxygen atoms in total. The second-order valence-corrected chi connectivity index (χ2v) is 7.88. The predicted octanol–water partition coefficient (Wildman–Crippen LogP) is 5.62. The van der Waals surface area contributed by atoms with Crippen LogP contribution < -0.4 is 4.57 Å². The first-order valence-electron chi connectivity index (χ1n) is 9.76. The summed E-state index contributed by atoms with van der Waals surface area (Å²) < 4.78 is 11.0. The summed E-state index contributed by atoms with van der Waals surface area (Å²) >= 11 is 0. The largest absolute Gasteiger partial charge is 0.437 e. The Bertz CT molecular complexity index is 1370. The van der Waals surface area contributed by atoms with Crippen molar-refractivity contribution >= 4 is 33.1 Å². The lowest BCUT2D eigenvalue weighted by molar-refractivity contribution is -0.634. The molecule has 0 fully saturated rings. The molecule has 0 radical (unpaired) electrons. The fourth-order valence-corrected chi connectivity index (χ4v) is 4.34. The minimum Gasteiger partial charge on any atom is -0.437 e. The first kappa shape index (κ1) is 17.0. The fraction of sp³-hybridized carbons (Fsp3) is 0.250. The second-order valence-electron chi connectivity index (χ2n) is 7.88. The van der Waals surface area contributed by atoms with Crippen molar-refractivity contribution in [2.75, 3.05) is 0 Å². The minimum atomic E-state index is 0.320. The topological polar surface area (TPSA) is 34.8 Å². The van der Waals surface area contributed by atoms with Crippen LogP contribution in [0.1, 0.15) is 31.1 Å². The lowest BCUT2D eigenvalue weighted by Crippen LogP contribution is -2.30. The van der Waals surface area contributed by atoms with Gasteiger partial charge in [-0.05, 0) is 57.5 Å². The molecule has 5 rings (SSSR count). The second kappa shape index (κ2) is 5.93. The van der Waals surface area contributed by atoms with Crippen LogP contribution in [0.25, 0.3) is 44.5 Å². The van der Waals surface area contributed by atoms with E-state index >= 15 is 0 Å². The molecule has 0 unspecified atom stereocenters. The summed E-state index contributed by atoms with van der Waals surface area (Å²) in [6.07, 6.45) is 0. The van der Waals surface area contributed by atoms with E-state index in [0.717, 1.165) is 33.4 Å². The van der Waals surface area contributed by atoms with E-state index in [1.807, 2.05) is 13.0 Å². The molecule has 4 heteroatoms. The van der Waals surface area contributed by atoms with Gasteiger partial charge in [0.05, 0.1) is 13.1 Å². The third kappa shape index (κ3) is 2.24. The van der Waals surface area contributed by atoms with Gasteiger partial charge in [-0.2, -0.15) is 0 Å². The maximum atomic E-state index is 6.35. The number of imidazole rings is 1. The van der Waals surface area contributed by atoms with Crippen LogP contribution in [-0.4, -0.2) is 9.55 Å². The molecular weight excluding hydrogens is 346 g/mol. The molecule has 0 saturated carbocycles. The van der Waals surface area contributed by atoms with Gasteiger partial charge in [0.25, 0.3) is 5.82 Å². The third-order valence-electron chi connectivity index (χ3n) is 5.64. The van der Waals surface area contributed by atoms with Gasteiger partial charge in [0.2, 0.25) is 5.71 Å². The summed E-state index contributed by atoms with van der Waals surface area (Å²) in [5, 5.41) is 2.18. The summed E-state index contributed by atoms with van der Waals surface area (Å²) in [5.41, 5.74) is 7.37. The Hall–Kier alpha value is -3.14. The van der Waals surface area contributed by atoms with E-state index in [1.165, 1.54) is 16.6 Å². The first-order valence-corrected chi connectivity index (χ1v) is 9.76. The Morgan fingerprint density at radius 1 is 0.964 bits per heavy atom. The molecule has 140 valence electrons. The van der Waals surface area contributed by atoms with E-state index in [0.29, 0.717) is 11.8 Å². The van der Waals surface area contributed by atoms with E-state index in [1.54, 1.807) is 0 Å². The molecule has 0 saturated heterocycles. The van der Waals surface area contributed by atoms with E-state index in [2.05, 4.69) is 84.4 Å². The zero-order valence-electron chi connectivity index (χ0n) is 16.9. The maximum Gasteiger partial charge on any atom is 0.293 e. The van der Waals surface area contributed by atoms with Crippen molar-refractivity contribution in [2.45, 2.75) is 33.7 Å². The van der Waals surface area contributed by atoms with Crippen LogP contribution in [0, 0.1) is 13.8 Å². The number of para-hydroxylation sites is 2. The van der Waals surface area contributed by atoms with Crippen LogP contribution >= 0.6 is 0 Å². The fourth-order valence-electron chi connectivity index (χ4n) is 4.34. The van der Waals surface area contributed by atoms with Crippen LogP contribution in [0.2, 0.25) is 0 Å². The number of rotatable bonds is 2. The SMILES string of the molecule is Cc1ccc2c(n1)oc1c(-c3n(C(C)C)c4ccccc4[n+]3C)c(C)ccc12. The summed E-state index contributed by atoms with van der Waals surface area (Å²) in [5.74, 6) is 1.16. The number of hydrogen-bond acceptors (Lipinski definition) is 2. The molecule has 0 aliphatic heterocycles. The molecule has 0 bridgehead atoms. The molecule has 3 heterocycles. The van der Waals surface area contributed by atoms with Gasteiger partial charge in [-0.15, -0.1) is 0 Å². The summed E-state index contributed by atoms with van der Waals surface area (Å²) in [7, 11) is 2.14. The van der Waals surface area contributed by atoms with E-state index in [-0.39, 0.29) is 0 Å². The number of aryl methyl sites for hydroxylation is 3. The first-order chi connectivity index (χ1) is 13.5. The highest BCUT2D eigenvalue weighted by Crippen LogP contribution is 2.38. The monoisotopic (exact) mass is 370 g/mol. The smallest absolute Gasteiger partial charge is 0.293 e. The Balaban J connectivity index is 1.97. The lowest BCUT2D eigenvalue weighted by atomic mass is 10.0. The molecule has 28 heavy (non-hydrogen) atoms. The van der Waals surface area contributed by atoms with Gasteiger partial charge in [-0.25, -0.2) is 14.1 Å². The van der Waals surface area contributed by atoms with Gasteiger partial charge < -0.3 is 4.42 Å². The average molecular weight is 370 g/mol. The Kier molecular flexibility index (Phi) is 3.60. The number of aromatic nitrogens is 3. The van der Waals surface area contributed by atoms with Crippen molar-refractivity contribution in [3.63, 3.8) is 0 Å². The molecule has 0 aliphatic rings. The van der Waals surface area contributed by atoms with Crippen LogP contribution in [0.15, 0.2) is 52.9 Å². The highest BCUT2D eigenvalue weighted by molar-refractivity contribution is 6.08. The quantitative estimate of drug-likeness (QED) is 0.378. The van der Waals surface area contributed by atoms with Crippen LogP contribution in [0.4, 0.5) is 0 Å². The standard InChI is InChI=1S/C24H24N3O/c1-14(2)27-20-9-7-6-8-19(20)26(5)24(27)21-15(3)10-12-17-18-13-11-16(4)25-23(18)28-22(17)21/h6-14H,1-5H3/q+1. The Labute approximate surface area is 164 Å². The minimum absolute atomic E-state index is 0.320. The van der Waals surface area contributed by atoms with Crippen molar-refractivity contribution < 1.29 is 8.98 Å². The number of nitrogens with zero attached hydrogens (tertiary/aromatic N) is 3. The lowest BCUT2D eigenvalue weighted by Gasteiger charge is -2.09. The molecule has 5 aromatic rings. The normalized spacial score (nSPS) is 12.1. The molecule has 0 amide bonds. The molecule has 0 N–H and O–H groups in total. The molecular formula is C24H24N3O+. The zero-order valence-corrected chi connectivity index (χ0v) is 16.9. The van der Waals surface area contributed by atoms with Gasteiger partial charge in [-0.3, -0.25) is 0 Å². The number of pyridine rings is 1. The van der Waals surface area contributed by atoms with Crippen molar-refractivity contribution in [3.8, 4) is 11.4 Å². The molecule has 0 atom stereocenters. The van der Waals surface area contributed by atoms with E-state index < -0.39 is 0 Å². The van der Waals surface area contributed by atoms with E-state index in [9.17, 15) is 0 Å². The van der Waals surface area contributed by atoms with E-state index in [4.69, 9.17) is 4.42 Å². The Morgan fingerprint density at radius 3 is 2.50 bits per heavy atom. The van der Waals surface area contributed by atoms with Crippen LogP contribution in [0.5, 0.6) is 0 Å². The summed E-state index contributed by atoms with van der Waals surface area (Å²) in [6, 6.07) is 17.4. The zero-order chi connectivity index (χ0) is 19.6. The number of furan rings is 1. The highest BCUT2D eigenvalue weighted by atomic mass is 16.3. The van der Waals surface area contributed by atoms with Crippen molar-refractivity contribution in [2.24, 2.45) is 7.05 Å². The van der Waals surface area contributed by atoms with Crippen LogP contribution in [-0.2, 0) is 7.05 Å².